The van der Waals surface area contributed by atoms with Crippen molar-refractivity contribution in [1.82, 2.24) is 4.98 Å². The van der Waals surface area contributed by atoms with Crippen LogP contribution in [0.2, 0.25) is 0 Å². The number of nitrogens with two attached hydrogens (primary N) is 1. The van der Waals surface area contributed by atoms with E-state index in [1.807, 2.05) is 0 Å². The Morgan fingerprint density at radius 1 is 1.32 bits per heavy atom. The van der Waals surface area contributed by atoms with Crippen molar-refractivity contribution < 1.29 is 17.4 Å². The predicted molar refractivity (Wildman–Crippen MR) is 67.2 cm³/mol. The summed E-state index contributed by atoms with van der Waals surface area (Å²) >= 11 is 0. The number of pyridine rings is 1. The Bertz CT molecular complexity index is 483. The summed E-state index contributed by atoms with van der Waals surface area (Å²) in [6.07, 6.45) is -4.47. The van der Waals surface area contributed by atoms with Gasteiger partial charge in [-0.3, -0.25) is 4.21 Å². The van der Waals surface area contributed by atoms with Crippen molar-refractivity contribution in [3.05, 3.63) is 23.4 Å². The van der Waals surface area contributed by atoms with Gasteiger partial charge in [-0.2, -0.15) is 13.2 Å². The van der Waals surface area contributed by atoms with Gasteiger partial charge in [0.25, 0.3) is 0 Å². The average molecular weight is 293 g/mol. The first-order valence-corrected chi connectivity index (χ1v) is 7.27. The molecule has 8 heteroatoms. The zero-order valence-corrected chi connectivity index (χ0v) is 10.9. The molecule has 106 valence electrons. The second-order valence-corrected chi connectivity index (χ2v) is 5.91. The van der Waals surface area contributed by atoms with Crippen LogP contribution in [0, 0.1) is 0 Å². The molecule has 1 aliphatic rings. The molecule has 2 rings (SSSR count). The lowest BCUT2D eigenvalue weighted by Crippen LogP contribution is -2.39. The Kier molecular flexibility index (Phi) is 4.10. The third kappa shape index (κ3) is 3.24. The van der Waals surface area contributed by atoms with Crippen molar-refractivity contribution in [3.8, 4) is 0 Å². The molecule has 0 bridgehead atoms. The molecule has 0 saturated carbocycles. The fourth-order valence-corrected chi connectivity index (χ4v) is 2.97. The highest BCUT2D eigenvalue weighted by Gasteiger charge is 2.33. The molecule has 0 aromatic carbocycles. The fraction of sp³-hybridized carbons (Fsp3) is 0.545. The number of alkyl halides is 3. The van der Waals surface area contributed by atoms with E-state index >= 15 is 0 Å². The minimum Gasteiger partial charge on any atom is -0.354 e. The van der Waals surface area contributed by atoms with E-state index in [2.05, 4.69) is 4.98 Å². The molecule has 2 N–H and O–H groups in total. The van der Waals surface area contributed by atoms with E-state index in [-0.39, 0.29) is 12.4 Å². The van der Waals surface area contributed by atoms with E-state index in [0.717, 1.165) is 6.07 Å². The second-order valence-electron chi connectivity index (χ2n) is 4.22. The summed E-state index contributed by atoms with van der Waals surface area (Å²) in [6, 6.07) is 2.30. The Morgan fingerprint density at radius 3 is 2.47 bits per heavy atom. The molecule has 0 unspecified atom stereocenters. The van der Waals surface area contributed by atoms with Crippen molar-refractivity contribution >= 4 is 16.6 Å². The summed E-state index contributed by atoms with van der Waals surface area (Å²) in [4.78, 5) is 5.41. The number of aromatic nitrogens is 1. The fourth-order valence-electron chi connectivity index (χ4n) is 1.92. The minimum atomic E-state index is -4.47. The van der Waals surface area contributed by atoms with E-state index in [9.17, 15) is 17.4 Å². The number of anilines is 1. The molecule has 1 saturated heterocycles. The van der Waals surface area contributed by atoms with Gasteiger partial charge in [-0.15, -0.1) is 0 Å². The van der Waals surface area contributed by atoms with Crippen LogP contribution in [0.5, 0.6) is 0 Å². The maximum atomic E-state index is 12.7. The van der Waals surface area contributed by atoms with Gasteiger partial charge in [0.15, 0.2) is 0 Å². The van der Waals surface area contributed by atoms with Crippen molar-refractivity contribution in [1.29, 1.82) is 0 Å². The van der Waals surface area contributed by atoms with Gasteiger partial charge in [0, 0.05) is 47.5 Å². The van der Waals surface area contributed by atoms with Crippen molar-refractivity contribution in [2.24, 2.45) is 5.73 Å². The van der Waals surface area contributed by atoms with E-state index in [1.54, 1.807) is 4.90 Å². The van der Waals surface area contributed by atoms with Crippen LogP contribution in [0.1, 0.15) is 11.3 Å². The lowest BCUT2D eigenvalue weighted by Gasteiger charge is -2.29. The van der Waals surface area contributed by atoms with Gasteiger partial charge in [-0.25, -0.2) is 4.98 Å². The molecule has 0 radical (unpaired) electrons. The number of rotatable bonds is 2. The summed E-state index contributed by atoms with van der Waals surface area (Å²) in [5.74, 6) is 1.15. The zero-order chi connectivity index (χ0) is 14.0. The predicted octanol–water partition coefficient (Wildman–Crippen LogP) is 1.13. The maximum Gasteiger partial charge on any atom is 0.433 e. The summed E-state index contributed by atoms with van der Waals surface area (Å²) in [5.41, 5.74) is 5.18. The Balaban J connectivity index is 2.33. The van der Waals surface area contributed by atoms with Crippen molar-refractivity contribution in [2.45, 2.75) is 12.7 Å². The molecule has 1 aliphatic heterocycles. The van der Waals surface area contributed by atoms with Crippen LogP contribution in [0.3, 0.4) is 0 Å². The van der Waals surface area contributed by atoms with Crippen LogP contribution in [-0.2, 0) is 23.5 Å². The quantitative estimate of drug-likeness (QED) is 0.888. The highest BCUT2D eigenvalue weighted by atomic mass is 32.2. The lowest BCUT2D eigenvalue weighted by molar-refractivity contribution is -0.141. The van der Waals surface area contributed by atoms with Gasteiger partial charge in [-0.1, -0.05) is 6.07 Å². The summed E-state index contributed by atoms with van der Waals surface area (Å²) in [7, 11) is -0.889. The summed E-state index contributed by atoms with van der Waals surface area (Å²) in [6.45, 7) is 1.00. The highest BCUT2D eigenvalue weighted by molar-refractivity contribution is 7.85. The van der Waals surface area contributed by atoms with Crippen LogP contribution >= 0.6 is 0 Å². The molecular weight excluding hydrogens is 279 g/mol. The first kappa shape index (κ1) is 14.3. The minimum absolute atomic E-state index is 0.125. The Hall–Kier alpha value is -1.15. The van der Waals surface area contributed by atoms with E-state index < -0.39 is 22.7 Å². The molecule has 1 aromatic rings. The molecule has 1 fully saturated rings. The average Bonchev–Trinajstić information content (AvgIpc) is 2.38. The Labute approximate surface area is 111 Å². The topological polar surface area (TPSA) is 59.2 Å². The molecule has 19 heavy (non-hydrogen) atoms. The summed E-state index contributed by atoms with van der Waals surface area (Å²) in [5, 5.41) is 0. The molecule has 0 spiro atoms. The highest BCUT2D eigenvalue weighted by Crippen LogP contribution is 2.30. The Morgan fingerprint density at radius 2 is 1.95 bits per heavy atom. The zero-order valence-electron chi connectivity index (χ0n) is 10.1. The largest absolute Gasteiger partial charge is 0.433 e. The van der Waals surface area contributed by atoms with E-state index in [1.165, 1.54) is 6.07 Å². The van der Waals surface area contributed by atoms with Gasteiger partial charge in [0.2, 0.25) is 0 Å². The van der Waals surface area contributed by atoms with E-state index in [0.29, 0.717) is 30.2 Å². The van der Waals surface area contributed by atoms with Crippen LogP contribution in [-0.4, -0.2) is 33.8 Å². The van der Waals surface area contributed by atoms with Crippen LogP contribution in [0.4, 0.5) is 19.0 Å². The van der Waals surface area contributed by atoms with E-state index in [4.69, 9.17) is 5.73 Å². The monoisotopic (exact) mass is 293 g/mol. The van der Waals surface area contributed by atoms with Crippen LogP contribution in [0.15, 0.2) is 12.1 Å². The third-order valence-electron chi connectivity index (χ3n) is 2.94. The van der Waals surface area contributed by atoms with Gasteiger partial charge >= 0.3 is 6.18 Å². The maximum absolute atomic E-state index is 12.7. The number of hydrogen-bond acceptors (Lipinski definition) is 4. The van der Waals surface area contributed by atoms with Crippen LogP contribution < -0.4 is 10.6 Å². The second kappa shape index (κ2) is 5.46. The number of halogens is 3. The molecule has 2 heterocycles. The molecule has 4 nitrogen and oxygen atoms in total. The smallest absolute Gasteiger partial charge is 0.354 e. The van der Waals surface area contributed by atoms with Gasteiger partial charge in [0.05, 0.1) is 0 Å². The molecule has 1 aromatic heterocycles. The van der Waals surface area contributed by atoms with Crippen molar-refractivity contribution in [3.63, 3.8) is 0 Å². The number of hydrogen-bond donors (Lipinski definition) is 1. The number of nitrogens with zero attached hydrogens (tertiary/aromatic N) is 2. The molecular formula is C11H14F3N3OS. The molecule has 0 atom stereocenters. The standard InChI is InChI=1S/C11H14F3N3OS/c12-11(13,14)9-2-1-8(7-15)10(16-9)17-3-5-19(18)6-4-17/h1-2H,3-7,15H2. The SMILES string of the molecule is NCc1ccc(C(F)(F)F)nc1N1CCS(=O)CC1. The first-order valence-electron chi connectivity index (χ1n) is 5.79. The summed E-state index contributed by atoms with van der Waals surface area (Å²) < 4.78 is 49.3. The third-order valence-corrected chi connectivity index (χ3v) is 4.22. The van der Waals surface area contributed by atoms with Gasteiger partial charge in [-0.05, 0) is 6.07 Å². The van der Waals surface area contributed by atoms with Crippen molar-refractivity contribution in [2.75, 3.05) is 29.5 Å². The molecule has 0 amide bonds. The van der Waals surface area contributed by atoms with Gasteiger partial charge < -0.3 is 10.6 Å². The lowest BCUT2D eigenvalue weighted by atomic mass is 10.2. The normalized spacial score (nSPS) is 17.8. The first-order chi connectivity index (χ1) is 8.91. The van der Waals surface area contributed by atoms with Crippen LogP contribution in [0.25, 0.3) is 0 Å². The van der Waals surface area contributed by atoms with Gasteiger partial charge in [0.1, 0.15) is 11.5 Å². The molecule has 0 aliphatic carbocycles.